The van der Waals surface area contributed by atoms with Crippen molar-refractivity contribution in [2.24, 2.45) is 11.3 Å². The molecule has 0 spiro atoms. The van der Waals surface area contributed by atoms with Gasteiger partial charge in [-0.1, -0.05) is 52.9 Å². The second kappa shape index (κ2) is 18.9. The molecule has 5 heterocycles. The van der Waals surface area contributed by atoms with Gasteiger partial charge in [-0.2, -0.15) is 12.7 Å². The molecule has 3 aromatic rings. The summed E-state index contributed by atoms with van der Waals surface area (Å²) in [5, 5.41) is 25.2. The van der Waals surface area contributed by atoms with E-state index in [1.807, 2.05) is 25.3 Å². The van der Waals surface area contributed by atoms with Gasteiger partial charge in [0.05, 0.1) is 31.4 Å². The number of hydrogen-bond acceptors (Lipinski definition) is 13. The van der Waals surface area contributed by atoms with E-state index in [-0.39, 0.29) is 50.9 Å². The number of rotatable bonds is 10. The van der Waals surface area contributed by atoms with E-state index in [4.69, 9.17) is 19.4 Å². The second-order valence-electron chi connectivity index (χ2n) is 18.9. The highest BCUT2D eigenvalue weighted by atomic mass is 32.2. The monoisotopic (exact) mass is 939 g/mol. The van der Waals surface area contributed by atoms with Crippen LogP contribution in [0.25, 0.3) is 22.3 Å². The molecule has 7 rings (SSSR count). The van der Waals surface area contributed by atoms with Crippen molar-refractivity contribution < 1.29 is 47.0 Å². The van der Waals surface area contributed by atoms with Crippen molar-refractivity contribution in [3.8, 4) is 22.9 Å². The second-order valence-corrected chi connectivity index (χ2v) is 21.7. The number of nitrogens with zero attached hydrogens (tertiary/aromatic N) is 5. The van der Waals surface area contributed by atoms with Gasteiger partial charge in [-0.05, 0) is 56.6 Å². The van der Waals surface area contributed by atoms with E-state index in [2.05, 4.69) is 21.3 Å². The molecule has 6 atom stereocenters. The number of pyridine rings is 1. The summed E-state index contributed by atoms with van der Waals surface area (Å²) in [4.78, 5) is 80.9. The fourth-order valence-corrected chi connectivity index (χ4v) is 11.1. The van der Waals surface area contributed by atoms with Gasteiger partial charge in [0.2, 0.25) is 11.8 Å². The molecule has 3 saturated heterocycles. The van der Waals surface area contributed by atoms with Crippen LogP contribution in [0.5, 0.6) is 11.5 Å². The van der Waals surface area contributed by atoms with Crippen molar-refractivity contribution >= 4 is 67.3 Å². The molecule has 4 fully saturated rings. The molecule has 1 aromatic carbocycles. The van der Waals surface area contributed by atoms with E-state index in [0.717, 1.165) is 39.4 Å². The lowest BCUT2D eigenvalue weighted by molar-refractivity contribution is -0.145. The van der Waals surface area contributed by atoms with E-state index in [1.54, 1.807) is 46.1 Å². The largest absolute Gasteiger partial charge is 0.497 e. The fourth-order valence-electron chi connectivity index (χ4n) is 8.95. The standard InChI is InChI=1S/C44H61N9O10S2/c1-25(2)45-42-48-33(24-64-42)32-21-35(29-16-15-27(62-7)19-31(29)46-32)63-28-20-34-37(54)50-44(40(57)58)22-26(44)13-11-9-8-10-12-14-30(38(55)52(34)23-28)47-41(59)49-36(43(3,4)5)39(56)53-18-17-51(6)65(53,60)61/h15-16,19,21,24-26,28,30,34,36H,8-14,17-18,20,22-23H2,1-7H3,(H,45,48)(H,50,54)(H,57,58)(H2,47,49,59)/t26?,28-,30+,34+,36?,44-/m1/s1. The van der Waals surface area contributed by atoms with Gasteiger partial charge >= 0.3 is 22.2 Å². The molecule has 4 aliphatic rings. The number of aromatic nitrogens is 2. The van der Waals surface area contributed by atoms with Crippen molar-refractivity contribution in [2.45, 2.75) is 128 Å². The minimum atomic E-state index is -4.08. The Bertz CT molecular complexity index is 2420. The Labute approximate surface area is 383 Å². The molecule has 3 aliphatic heterocycles. The van der Waals surface area contributed by atoms with Crippen LogP contribution in [0.4, 0.5) is 9.93 Å². The van der Waals surface area contributed by atoms with Crippen molar-refractivity contribution in [3.05, 3.63) is 29.6 Å². The number of carbonyl (C=O) groups is 5. The number of nitrogens with one attached hydrogen (secondary N) is 4. The first kappa shape index (κ1) is 47.7. The number of benzene rings is 1. The number of fused-ring (bicyclic) bond motifs is 3. The van der Waals surface area contributed by atoms with Crippen molar-refractivity contribution in [2.75, 3.05) is 39.1 Å². The Morgan fingerprint density at radius 3 is 2.40 bits per heavy atom. The molecule has 21 heteroatoms. The molecular weight excluding hydrogens is 879 g/mol. The number of aliphatic carboxylic acids is 1. The van der Waals surface area contributed by atoms with Gasteiger partial charge in [-0.15, -0.1) is 11.3 Å². The van der Waals surface area contributed by atoms with Gasteiger partial charge < -0.3 is 40.7 Å². The first-order valence-corrected chi connectivity index (χ1v) is 24.6. The summed E-state index contributed by atoms with van der Waals surface area (Å²) in [5.74, 6) is -2.42. The van der Waals surface area contributed by atoms with Gasteiger partial charge in [0, 0.05) is 49.0 Å². The number of ether oxygens (including phenoxy) is 2. The molecule has 2 unspecified atom stereocenters. The lowest BCUT2D eigenvalue weighted by atomic mass is 9.86. The molecule has 19 nitrogen and oxygen atoms in total. The summed E-state index contributed by atoms with van der Waals surface area (Å²) < 4.78 is 40.0. The van der Waals surface area contributed by atoms with Gasteiger partial charge in [0.25, 0.3) is 5.91 Å². The Morgan fingerprint density at radius 1 is 1.02 bits per heavy atom. The minimum Gasteiger partial charge on any atom is -0.497 e. The Hall–Kier alpha value is -5.28. The average molecular weight is 940 g/mol. The lowest BCUT2D eigenvalue weighted by Gasteiger charge is -2.34. The Kier molecular flexibility index (Phi) is 13.9. The maximum absolute atomic E-state index is 14.9. The first-order chi connectivity index (χ1) is 30.7. The lowest BCUT2D eigenvalue weighted by Crippen LogP contribution is -2.60. The zero-order valence-electron chi connectivity index (χ0n) is 38.0. The third-order valence-corrected chi connectivity index (χ3v) is 15.4. The van der Waals surface area contributed by atoms with Gasteiger partial charge in [-0.3, -0.25) is 14.4 Å². The number of urea groups is 1. The zero-order valence-corrected chi connectivity index (χ0v) is 39.6. The molecule has 5 N–H and O–H groups in total. The van der Waals surface area contributed by atoms with Crippen LogP contribution in [0.15, 0.2) is 29.6 Å². The SMILES string of the molecule is COc1ccc2c(O[C@@H]3C[C@H]4C(=O)N[C@]5(C(=O)O)CC5CCCCCCC[C@H](NC(=O)NC(C(=O)N5CCN(C)S5(=O)=O)C(C)(C)C)C(=O)N4C3)cc(-c3csc(NC(C)C)n3)nc2c1. The molecule has 65 heavy (non-hydrogen) atoms. The van der Waals surface area contributed by atoms with Crippen LogP contribution in [0.2, 0.25) is 0 Å². The summed E-state index contributed by atoms with van der Waals surface area (Å²) in [5.41, 5.74) is -0.702. The molecule has 5 amide bonds. The van der Waals surface area contributed by atoms with E-state index < -0.39 is 75.1 Å². The smallest absolute Gasteiger partial charge is 0.329 e. The molecule has 354 valence electrons. The zero-order chi connectivity index (χ0) is 47.0. The number of carboxylic acid groups (broad SMARTS) is 1. The van der Waals surface area contributed by atoms with E-state index in [9.17, 15) is 37.5 Å². The summed E-state index contributed by atoms with van der Waals surface area (Å²) in [6.45, 7) is 9.07. The molecular formula is C44H61N9O10S2. The number of methoxy groups -OCH3 is 1. The molecule has 1 aliphatic carbocycles. The van der Waals surface area contributed by atoms with Crippen LogP contribution in [-0.2, 0) is 29.4 Å². The average Bonchev–Trinajstić information content (AvgIpc) is 3.48. The normalized spacial score (nSPS) is 25.7. The predicted octanol–water partition coefficient (Wildman–Crippen LogP) is 4.34. The van der Waals surface area contributed by atoms with E-state index in [1.165, 1.54) is 23.3 Å². The van der Waals surface area contributed by atoms with Crippen LogP contribution >= 0.6 is 11.3 Å². The van der Waals surface area contributed by atoms with Crippen molar-refractivity contribution in [1.29, 1.82) is 0 Å². The molecule has 1 saturated carbocycles. The molecule has 0 bridgehead atoms. The molecule has 0 radical (unpaired) electrons. The minimum absolute atomic E-state index is 0.00464. The van der Waals surface area contributed by atoms with Crippen LogP contribution in [-0.4, -0.2) is 136 Å². The quantitative estimate of drug-likeness (QED) is 0.190. The summed E-state index contributed by atoms with van der Waals surface area (Å²) in [6.07, 6.45) is 4.06. The number of anilines is 1. The summed E-state index contributed by atoms with van der Waals surface area (Å²) in [6, 6.07) is 2.80. The van der Waals surface area contributed by atoms with Gasteiger partial charge in [0.1, 0.15) is 47.0 Å². The number of hydrogen-bond donors (Lipinski definition) is 5. The maximum Gasteiger partial charge on any atom is 0.329 e. The van der Waals surface area contributed by atoms with E-state index in [0.29, 0.717) is 46.6 Å². The van der Waals surface area contributed by atoms with Gasteiger partial charge in [-0.25, -0.2) is 23.9 Å². The fraction of sp³-hybridized carbons (Fsp3) is 0.614. The van der Waals surface area contributed by atoms with Crippen molar-refractivity contribution in [3.63, 3.8) is 0 Å². The van der Waals surface area contributed by atoms with Crippen LogP contribution in [0.3, 0.4) is 0 Å². The third kappa shape index (κ3) is 10.3. The predicted molar refractivity (Wildman–Crippen MR) is 244 cm³/mol. The number of likely N-dealkylation sites (N-methyl/N-ethyl adjacent to an activating group) is 1. The third-order valence-electron chi connectivity index (χ3n) is 12.7. The topological polar surface area (TPSA) is 242 Å². The van der Waals surface area contributed by atoms with Crippen LogP contribution < -0.4 is 30.7 Å². The Balaban J connectivity index is 1.20. The van der Waals surface area contributed by atoms with Crippen molar-refractivity contribution in [1.82, 2.24) is 39.4 Å². The molecule has 2 aromatic heterocycles. The maximum atomic E-state index is 14.9. The van der Waals surface area contributed by atoms with Gasteiger partial charge in [0.15, 0.2) is 5.13 Å². The number of carboxylic acids is 1. The highest BCUT2D eigenvalue weighted by molar-refractivity contribution is 7.87. The first-order valence-electron chi connectivity index (χ1n) is 22.3. The highest BCUT2D eigenvalue weighted by Crippen LogP contribution is 2.48. The van der Waals surface area contributed by atoms with Crippen LogP contribution in [0, 0.1) is 11.3 Å². The number of thiazole rings is 1. The Morgan fingerprint density at radius 2 is 1.74 bits per heavy atom. The highest BCUT2D eigenvalue weighted by Gasteiger charge is 2.62. The number of amides is 5. The van der Waals surface area contributed by atoms with E-state index >= 15 is 0 Å². The summed E-state index contributed by atoms with van der Waals surface area (Å²) in [7, 11) is -1.15. The summed E-state index contributed by atoms with van der Waals surface area (Å²) >= 11 is 1.44. The number of carbonyl (C=O) groups excluding carboxylic acids is 4. The van der Waals surface area contributed by atoms with Crippen LogP contribution in [0.1, 0.15) is 92.4 Å².